The van der Waals surface area contributed by atoms with E-state index in [9.17, 15) is 4.79 Å². The minimum absolute atomic E-state index is 0.0274. The highest BCUT2D eigenvalue weighted by Gasteiger charge is 2.29. The number of nitrogens with zero attached hydrogens (tertiary/aromatic N) is 4. The smallest absolute Gasteiger partial charge is 0.273 e. The fourth-order valence-electron chi connectivity index (χ4n) is 2.25. The maximum absolute atomic E-state index is 12.3. The number of aromatic nitrogens is 3. The highest BCUT2D eigenvalue weighted by molar-refractivity contribution is 7.09. The summed E-state index contributed by atoms with van der Waals surface area (Å²) in [6.07, 6.45) is 0.760. The predicted octanol–water partition coefficient (Wildman–Crippen LogP) is 1.84. The molecule has 1 aliphatic rings. The van der Waals surface area contributed by atoms with Gasteiger partial charge in [-0.2, -0.15) is 5.10 Å². The maximum Gasteiger partial charge on any atom is 0.273 e. The minimum Gasteiger partial charge on any atom is -0.471 e. The molecular formula is C14H16N4O2S. The maximum atomic E-state index is 12.3. The summed E-state index contributed by atoms with van der Waals surface area (Å²) in [6.45, 7) is 5.01. The van der Waals surface area contributed by atoms with Gasteiger partial charge in [0.15, 0.2) is 0 Å². The highest BCUT2D eigenvalue weighted by atomic mass is 32.1. The number of hydrogen-bond donors (Lipinski definition) is 0. The molecule has 1 aliphatic heterocycles. The van der Waals surface area contributed by atoms with Crippen molar-refractivity contribution in [3.05, 3.63) is 33.9 Å². The molecule has 1 saturated heterocycles. The van der Waals surface area contributed by atoms with Crippen molar-refractivity contribution in [3.63, 3.8) is 0 Å². The van der Waals surface area contributed by atoms with Crippen molar-refractivity contribution >= 4 is 17.2 Å². The lowest BCUT2D eigenvalue weighted by Gasteiger charge is -2.15. The molecule has 3 rings (SSSR count). The number of carbonyl (C=O) groups excluding carboxylic acids is 1. The number of thiazole rings is 1. The Balaban J connectivity index is 1.60. The van der Waals surface area contributed by atoms with Crippen LogP contribution in [0.2, 0.25) is 0 Å². The zero-order chi connectivity index (χ0) is 14.8. The molecule has 2 aromatic rings. The van der Waals surface area contributed by atoms with Crippen molar-refractivity contribution in [2.24, 2.45) is 0 Å². The van der Waals surface area contributed by atoms with E-state index in [0.717, 1.165) is 17.1 Å². The number of carbonyl (C=O) groups is 1. The first-order valence-electron chi connectivity index (χ1n) is 6.80. The Bertz CT molecular complexity index is 641. The van der Waals surface area contributed by atoms with E-state index in [1.165, 1.54) is 11.3 Å². The second-order valence-corrected chi connectivity index (χ2v) is 6.11. The van der Waals surface area contributed by atoms with Gasteiger partial charge in [0.05, 0.1) is 17.2 Å². The Hall–Kier alpha value is -2.02. The van der Waals surface area contributed by atoms with Gasteiger partial charge in [-0.15, -0.1) is 16.4 Å². The van der Waals surface area contributed by atoms with Crippen molar-refractivity contribution in [2.75, 3.05) is 13.1 Å². The predicted molar refractivity (Wildman–Crippen MR) is 78.6 cm³/mol. The Kier molecular flexibility index (Phi) is 3.83. The van der Waals surface area contributed by atoms with Crippen LogP contribution in [0.1, 0.15) is 27.6 Å². The van der Waals surface area contributed by atoms with Crippen molar-refractivity contribution < 1.29 is 9.53 Å². The third kappa shape index (κ3) is 3.18. The quantitative estimate of drug-likeness (QED) is 0.865. The van der Waals surface area contributed by atoms with E-state index < -0.39 is 0 Å². The summed E-state index contributed by atoms with van der Waals surface area (Å²) in [6, 6.07) is 3.66. The lowest BCUT2D eigenvalue weighted by molar-refractivity contribution is 0.0766. The van der Waals surface area contributed by atoms with E-state index >= 15 is 0 Å². The first kappa shape index (κ1) is 13.9. The molecule has 7 heteroatoms. The fraction of sp³-hybridized carbons (Fsp3) is 0.429. The summed E-state index contributed by atoms with van der Waals surface area (Å²) < 4.78 is 5.77. The van der Waals surface area contributed by atoms with Gasteiger partial charge in [0.1, 0.15) is 11.8 Å². The van der Waals surface area contributed by atoms with Gasteiger partial charge in [-0.05, 0) is 19.9 Å². The lowest BCUT2D eigenvalue weighted by Crippen LogP contribution is -2.31. The van der Waals surface area contributed by atoms with Gasteiger partial charge in [-0.25, -0.2) is 4.98 Å². The van der Waals surface area contributed by atoms with Crippen LogP contribution < -0.4 is 4.74 Å². The largest absolute Gasteiger partial charge is 0.471 e. The van der Waals surface area contributed by atoms with Crippen molar-refractivity contribution in [1.82, 2.24) is 20.1 Å². The first-order valence-corrected chi connectivity index (χ1v) is 7.68. The number of hydrogen-bond acceptors (Lipinski definition) is 6. The fourth-order valence-corrected chi connectivity index (χ4v) is 2.84. The molecule has 1 atom stereocenters. The van der Waals surface area contributed by atoms with Crippen LogP contribution in [-0.4, -0.2) is 45.2 Å². The Morgan fingerprint density at radius 2 is 2.24 bits per heavy atom. The number of rotatable bonds is 3. The lowest BCUT2D eigenvalue weighted by atomic mass is 10.3. The van der Waals surface area contributed by atoms with Gasteiger partial charge in [0.25, 0.3) is 5.91 Å². The molecule has 0 aliphatic carbocycles. The van der Waals surface area contributed by atoms with Crippen LogP contribution in [0.4, 0.5) is 0 Å². The molecule has 0 unspecified atom stereocenters. The van der Waals surface area contributed by atoms with Crippen molar-refractivity contribution in [3.8, 4) is 5.88 Å². The molecule has 0 N–H and O–H groups in total. The van der Waals surface area contributed by atoms with Crippen LogP contribution in [0.15, 0.2) is 17.5 Å². The summed E-state index contributed by atoms with van der Waals surface area (Å²) >= 11 is 1.49. The topological polar surface area (TPSA) is 68.2 Å². The Morgan fingerprint density at radius 3 is 2.90 bits per heavy atom. The molecule has 0 spiro atoms. The second-order valence-electron chi connectivity index (χ2n) is 5.04. The van der Waals surface area contributed by atoms with Gasteiger partial charge in [0, 0.05) is 24.4 Å². The summed E-state index contributed by atoms with van der Waals surface area (Å²) in [5.41, 5.74) is 1.37. The molecule has 6 nitrogen and oxygen atoms in total. The molecule has 0 bridgehead atoms. The third-order valence-corrected chi connectivity index (χ3v) is 4.10. The van der Waals surface area contributed by atoms with E-state index in [4.69, 9.17) is 4.74 Å². The SMILES string of the molecule is Cc1ccc(O[C@@H]2CCN(C(=O)c3csc(C)n3)C2)nn1. The molecule has 21 heavy (non-hydrogen) atoms. The van der Waals surface area contributed by atoms with Crippen molar-refractivity contribution in [1.29, 1.82) is 0 Å². The van der Waals surface area contributed by atoms with Crippen LogP contribution in [0, 0.1) is 13.8 Å². The molecule has 1 amide bonds. The summed E-state index contributed by atoms with van der Waals surface area (Å²) in [7, 11) is 0. The zero-order valence-electron chi connectivity index (χ0n) is 11.9. The Morgan fingerprint density at radius 1 is 1.38 bits per heavy atom. The van der Waals surface area contributed by atoms with E-state index in [0.29, 0.717) is 24.7 Å². The van der Waals surface area contributed by atoms with Gasteiger partial charge in [-0.1, -0.05) is 0 Å². The van der Waals surface area contributed by atoms with Crippen LogP contribution in [0.5, 0.6) is 5.88 Å². The monoisotopic (exact) mass is 304 g/mol. The van der Waals surface area contributed by atoms with Crippen LogP contribution in [-0.2, 0) is 0 Å². The minimum atomic E-state index is -0.0364. The Labute approximate surface area is 126 Å². The first-order chi connectivity index (χ1) is 10.1. The highest BCUT2D eigenvalue weighted by Crippen LogP contribution is 2.19. The second kappa shape index (κ2) is 5.77. The van der Waals surface area contributed by atoms with Gasteiger partial charge < -0.3 is 9.64 Å². The summed E-state index contributed by atoms with van der Waals surface area (Å²) in [5, 5.41) is 10.7. The van der Waals surface area contributed by atoms with E-state index in [-0.39, 0.29) is 12.0 Å². The molecular weight excluding hydrogens is 288 g/mol. The van der Waals surface area contributed by atoms with Crippen LogP contribution in [0.3, 0.4) is 0 Å². The van der Waals surface area contributed by atoms with Gasteiger partial charge >= 0.3 is 0 Å². The number of aryl methyl sites for hydroxylation is 2. The molecule has 3 heterocycles. The van der Waals surface area contributed by atoms with Gasteiger partial charge in [-0.3, -0.25) is 4.79 Å². The molecule has 110 valence electrons. The van der Waals surface area contributed by atoms with Gasteiger partial charge in [0.2, 0.25) is 5.88 Å². The van der Waals surface area contributed by atoms with Crippen LogP contribution in [0.25, 0.3) is 0 Å². The average molecular weight is 304 g/mol. The normalized spacial score (nSPS) is 18.0. The number of likely N-dealkylation sites (tertiary alicyclic amines) is 1. The molecule has 1 fully saturated rings. The average Bonchev–Trinajstić information content (AvgIpc) is 3.10. The molecule has 0 radical (unpaired) electrons. The standard InChI is InChI=1S/C14H16N4O2S/c1-9-3-4-13(17-16-9)20-11-5-6-18(7-11)14(19)12-8-21-10(2)15-12/h3-4,8,11H,5-7H2,1-2H3/t11-/m1/s1. The van der Waals surface area contributed by atoms with E-state index in [2.05, 4.69) is 15.2 Å². The third-order valence-electron chi connectivity index (χ3n) is 3.33. The summed E-state index contributed by atoms with van der Waals surface area (Å²) in [5.74, 6) is 0.477. The molecule has 0 saturated carbocycles. The zero-order valence-corrected chi connectivity index (χ0v) is 12.8. The number of ether oxygens (including phenoxy) is 1. The molecule has 0 aromatic carbocycles. The van der Waals surface area contributed by atoms with E-state index in [1.807, 2.05) is 19.9 Å². The molecule has 2 aromatic heterocycles. The number of amides is 1. The van der Waals surface area contributed by atoms with Crippen molar-refractivity contribution in [2.45, 2.75) is 26.4 Å². The summed E-state index contributed by atoms with van der Waals surface area (Å²) in [4.78, 5) is 18.3. The van der Waals surface area contributed by atoms with Crippen LogP contribution >= 0.6 is 11.3 Å². The van der Waals surface area contributed by atoms with E-state index in [1.54, 1.807) is 16.3 Å².